The number of rotatable bonds is 7. The molecule has 2 aromatic heterocycles. The summed E-state index contributed by atoms with van der Waals surface area (Å²) in [6, 6.07) is 36.7. The van der Waals surface area contributed by atoms with E-state index >= 15 is 0 Å². The molecule has 0 aliphatic rings. The Balaban J connectivity index is 1.22. The Morgan fingerprint density at radius 1 is 0.718 bits per heavy atom. The maximum absolute atomic E-state index is 12.9. The normalized spacial score (nSPS) is 11.1. The minimum Gasteiger partial charge on any atom is -0.267 e. The van der Waals surface area contributed by atoms with Crippen LogP contribution in [-0.2, 0) is 0 Å². The summed E-state index contributed by atoms with van der Waals surface area (Å²) in [4.78, 5) is 12.9. The standard InChI is InChI=1S/C31H23N7O/c39-31(25-15-10-18-28(19-25)38-22-29(33-36-38)23-11-4-1-5-12-23)34-32-20-26-21-37(27-16-8-3-9-17-27)35-30(26)24-13-6-2-7-14-24/h1-22H,(H,34,39)/b32-20+. The number of nitrogens with zero attached hydrogens (tertiary/aromatic N) is 6. The van der Waals surface area contributed by atoms with Crippen LogP contribution in [0.4, 0.5) is 0 Å². The molecule has 6 aromatic rings. The van der Waals surface area contributed by atoms with Gasteiger partial charge in [0.15, 0.2) is 0 Å². The number of aromatic nitrogens is 5. The van der Waals surface area contributed by atoms with Gasteiger partial charge in [0.2, 0.25) is 0 Å². The number of para-hydroxylation sites is 1. The molecule has 0 saturated heterocycles. The van der Waals surface area contributed by atoms with Gasteiger partial charge in [0, 0.05) is 28.5 Å². The molecule has 0 bridgehead atoms. The summed E-state index contributed by atoms with van der Waals surface area (Å²) in [7, 11) is 0. The number of carbonyl (C=O) groups excluding carboxylic acids is 1. The molecule has 188 valence electrons. The van der Waals surface area contributed by atoms with Crippen LogP contribution < -0.4 is 5.43 Å². The fourth-order valence-corrected chi connectivity index (χ4v) is 4.16. The third-order valence-corrected chi connectivity index (χ3v) is 6.12. The number of carbonyl (C=O) groups is 1. The lowest BCUT2D eigenvalue weighted by atomic mass is 10.1. The Bertz CT molecular complexity index is 1740. The fourth-order valence-electron chi connectivity index (χ4n) is 4.16. The molecule has 2 heterocycles. The lowest BCUT2D eigenvalue weighted by Crippen LogP contribution is -2.17. The summed E-state index contributed by atoms with van der Waals surface area (Å²) in [5.74, 6) is -0.340. The Morgan fingerprint density at radius 2 is 1.38 bits per heavy atom. The van der Waals surface area contributed by atoms with Gasteiger partial charge in [-0.3, -0.25) is 4.79 Å². The van der Waals surface area contributed by atoms with Crippen LogP contribution >= 0.6 is 0 Å². The second-order valence-corrected chi connectivity index (χ2v) is 8.74. The van der Waals surface area contributed by atoms with E-state index in [0.29, 0.717) is 5.56 Å². The zero-order valence-electron chi connectivity index (χ0n) is 20.8. The molecule has 1 amide bonds. The molecule has 0 spiro atoms. The van der Waals surface area contributed by atoms with Gasteiger partial charge in [-0.15, -0.1) is 5.10 Å². The summed E-state index contributed by atoms with van der Waals surface area (Å²) in [5, 5.41) is 17.5. The molecule has 0 fully saturated rings. The molecule has 0 saturated carbocycles. The first kappa shape index (κ1) is 23.7. The first-order valence-electron chi connectivity index (χ1n) is 12.4. The average Bonchev–Trinajstić information content (AvgIpc) is 3.67. The zero-order chi connectivity index (χ0) is 26.4. The molecule has 0 aliphatic heterocycles. The molecule has 0 unspecified atom stereocenters. The van der Waals surface area contributed by atoms with Gasteiger partial charge in [-0.05, 0) is 30.3 Å². The van der Waals surface area contributed by atoms with E-state index in [-0.39, 0.29) is 5.91 Å². The Morgan fingerprint density at radius 3 is 2.13 bits per heavy atom. The van der Waals surface area contributed by atoms with E-state index in [9.17, 15) is 4.79 Å². The van der Waals surface area contributed by atoms with E-state index in [4.69, 9.17) is 5.10 Å². The van der Waals surface area contributed by atoms with Crippen LogP contribution in [-0.4, -0.2) is 36.9 Å². The van der Waals surface area contributed by atoms with Crippen molar-refractivity contribution >= 4 is 12.1 Å². The van der Waals surface area contributed by atoms with E-state index in [1.165, 1.54) is 0 Å². The van der Waals surface area contributed by atoms with Gasteiger partial charge in [0.25, 0.3) is 5.91 Å². The molecule has 0 atom stereocenters. The highest BCUT2D eigenvalue weighted by atomic mass is 16.2. The molecule has 6 rings (SSSR count). The zero-order valence-corrected chi connectivity index (χ0v) is 20.8. The lowest BCUT2D eigenvalue weighted by Gasteiger charge is -2.04. The number of hydrogen-bond acceptors (Lipinski definition) is 5. The maximum Gasteiger partial charge on any atom is 0.271 e. The van der Waals surface area contributed by atoms with Gasteiger partial charge >= 0.3 is 0 Å². The van der Waals surface area contributed by atoms with Crippen LogP contribution in [0.5, 0.6) is 0 Å². The molecular formula is C31H23N7O. The predicted molar refractivity (Wildman–Crippen MR) is 151 cm³/mol. The third kappa shape index (κ3) is 5.26. The first-order valence-corrected chi connectivity index (χ1v) is 12.4. The third-order valence-electron chi connectivity index (χ3n) is 6.12. The Hall–Kier alpha value is -5.63. The highest BCUT2D eigenvalue weighted by Gasteiger charge is 2.12. The Labute approximate surface area is 224 Å². The van der Waals surface area contributed by atoms with Crippen molar-refractivity contribution in [2.45, 2.75) is 0 Å². The van der Waals surface area contributed by atoms with Crippen LogP contribution in [0.2, 0.25) is 0 Å². The monoisotopic (exact) mass is 509 g/mol. The highest BCUT2D eigenvalue weighted by molar-refractivity contribution is 5.96. The molecular weight excluding hydrogens is 486 g/mol. The Kier molecular flexibility index (Phi) is 6.56. The second kappa shape index (κ2) is 10.8. The molecule has 1 N–H and O–H groups in total. The number of hydrogen-bond donors (Lipinski definition) is 1. The largest absolute Gasteiger partial charge is 0.271 e. The van der Waals surface area contributed by atoms with Gasteiger partial charge < -0.3 is 0 Å². The van der Waals surface area contributed by atoms with Crippen molar-refractivity contribution in [1.29, 1.82) is 0 Å². The maximum atomic E-state index is 12.9. The average molecular weight is 510 g/mol. The molecule has 8 heteroatoms. The molecule has 39 heavy (non-hydrogen) atoms. The summed E-state index contributed by atoms with van der Waals surface area (Å²) >= 11 is 0. The molecule has 0 aliphatic carbocycles. The van der Waals surface area contributed by atoms with Gasteiger partial charge in [0.05, 0.1) is 23.8 Å². The van der Waals surface area contributed by atoms with Crippen molar-refractivity contribution in [3.05, 3.63) is 139 Å². The van der Waals surface area contributed by atoms with Gasteiger partial charge in [-0.25, -0.2) is 14.8 Å². The number of nitrogens with one attached hydrogen (secondary N) is 1. The van der Waals surface area contributed by atoms with Crippen molar-refractivity contribution in [3.63, 3.8) is 0 Å². The number of hydrazone groups is 1. The van der Waals surface area contributed by atoms with E-state index in [1.807, 2.05) is 109 Å². The minimum atomic E-state index is -0.340. The molecule has 8 nitrogen and oxygen atoms in total. The summed E-state index contributed by atoms with van der Waals surface area (Å²) in [6.07, 6.45) is 5.34. The predicted octanol–water partition coefficient (Wildman–Crippen LogP) is 5.55. The van der Waals surface area contributed by atoms with E-state index in [2.05, 4.69) is 20.8 Å². The van der Waals surface area contributed by atoms with Crippen molar-refractivity contribution in [2.75, 3.05) is 0 Å². The number of benzene rings is 4. The highest BCUT2D eigenvalue weighted by Crippen LogP contribution is 2.22. The van der Waals surface area contributed by atoms with Crippen LogP contribution in [0.25, 0.3) is 33.9 Å². The van der Waals surface area contributed by atoms with Crippen LogP contribution in [0, 0.1) is 0 Å². The van der Waals surface area contributed by atoms with Gasteiger partial charge in [-0.1, -0.05) is 90.1 Å². The topological polar surface area (TPSA) is 90.0 Å². The summed E-state index contributed by atoms with van der Waals surface area (Å²) in [6.45, 7) is 0. The molecule has 4 aromatic carbocycles. The van der Waals surface area contributed by atoms with Crippen molar-refractivity contribution < 1.29 is 4.79 Å². The lowest BCUT2D eigenvalue weighted by molar-refractivity contribution is 0.0955. The van der Waals surface area contributed by atoms with Crippen LogP contribution in [0.3, 0.4) is 0 Å². The van der Waals surface area contributed by atoms with E-state index in [0.717, 1.165) is 39.5 Å². The smallest absolute Gasteiger partial charge is 0.267 e. The fraction of sp³-hybridized carbons (Fsp3) is 0. The number of amides is 1. The van der Waals surface area contributed by atoms with Crippen molar-refractivity contribution in [2.24, 2.45) is 5.10 Å². The second-order valence-electron chi connectivity index (χ2n) is 8.74. The molecule has 0 radical (unpaired) electrons. The van der Waals surface area contributed by atoms with Gasteiger partial charge in [0.1, 0.15) is 11.4 Å². The summed E-state index contributed by atoms with van der Waals surface area (Å²) < 4.78 is 3.45. The quantitative estimate of drug-likeness (QED) is 0.226. The van der Waals surface area contributed by atoms with E-state index in [1.54, 1.807) is 33.8 Å². The van der Waals surface area contributed by atoms with Crippen molar-refractivity contribution in [1.82, 2.24) is 30.2 Å². The van der Waals surface area contributed by atoms with Crippen molar-refractivity contribution in [3.8, 4) is 33.9 Å². The van der Waals surface area contributed by atoms with E-state index < -0.39 is 0 Å². The minimum absolute atomic E-state index is 0.340. The van der Waals surface area contributed by atoms with Crippen LogP contribution in [0.1, 0.15) is 15.9 Å². The first-order chi connectivity index (χ1) is 19.2. The SMILES string of the molecule is O=C(N/N=C/c1cn(-c2ccccc2)nc1-c1ccccc1)c1cccc(-n2cc(-c3ccccc3)nn2)c1. The van der Waals surface area contributed by atoms with Crippen LogP contribution in [0.15, 0.2) is 133 Å². The van der Waals surface area contributed by atoms with Gasteiger partial charge in [-0.2, -0.15) is 10.2 Å². The summed E-state index contributed by atoms with van der Waals surface area (Å²) in [5.41, 5.74) is 8.94.